The van der Waals surface area contributed by atoms with Crippen LogP contribution in [0.5, 0.6) is 0 Å². The molecule has 0 saturated heterocycles. The molecule has 0 aromatic rings. The summed E-state index contributed by atoms with van der Waals surface area (Å²) in [5, 5.41) is 6.94. The molecule has 12 heavy (non-hydrogen) atoms. The van der Waals surface area contributed by atoms with Crippen LogP contribution < -0.4 is 5.73 Å². The molecule has 5 heteroatoms. The minimum atomic E-state index is 0. The lowest BCUT2D eigenvalue weighted by Gasteiger charge is -2.07. The summed E-state index contributed by atoms with van der Waals surface area (Å²) in [5.41, 5.74) is 5.18. The van der Waals surface area contributed by atoms with E-state index in [1.807, 2.05) is 14.1 Å². The molecule has 76 valence electrons. The molecule has 0 fully saturated rings. The number of hydrogen-bond donors (Lipinski definition) is 2. The fourth-order valence-electron chi connectivity index (χ4n) is 0.743. The smallest absolute Gasteiger partial charge is 0.0905 e. The number of nitrogens with one attached hydrogen (secondary N) is 1. The molecule has 0 aromatic carbocycles. The van der Waals surface area contributed by atoms with Crippen molar-refractivity contribution in [1.82, 2.24) is 4.90 Å². The molecule has 0 saturated carbocycles. The Morgan fingerprint density at radius 3 is 2.08 bits per heavy atom. The molecule has 0 atom stereocenters. The number of rotatable bonds is 5. The lowest BCUT2D eigenvalue weighted by molar-refractivity contribution is 0.396. The Kier molecular flexibility index (Phi) is 16.5. The van der Waals surface area contributed by atoms with E-state index in [4.69, 9.17) is 11.1 Å². The van der Waals surface area contributed by atoms with E-state index in [1.54, 1.807) is 0 Å². The highest BCUT2D eigenvalue weighted by Gasteiger charge is 1.91. The van der Waals surface area contributed by atoms with Crippen molar-refractivity contribution >= 4 is 30.6 Å². The zero-order valence-electron chi connectivity index (χ0n) is 7.67. The third-order valence-electron chi connectivity index (χ3n) is 1.30. The third kappa shape index (κ3) is 16.5. The molecule has 0 spiro atoms. The van der Waals surface area contributed by atoms with Gasteiger partial charge in [0, 0.05) is 6.42 Å². The maximum absolute atomic E-state index is 6.94. The predicted octanol–water partition coefficient (Wildman–Crippen LogP) is 1.50. The summed E-state index contributed by atoms with van der Waals surface area (Å²) >= 11 is 0. The molecule has 3 nitrogen and oxygen atoms in total. The van der Waals surface area contributed by atoms with Crippen molar-refractivity contribution in [3.8, 4) is 0 Å². The van der Waals surface area contributed by atoms with E-state index < -0.39 is 0 Å². The fourth-order valence-corrected chi connectivity index (χ4v) is 0.743. The molecule has 0 amide bonds. The summed E-state index contributed by atoms with van der Waals surface area (Å²) in [6.45, 7) is 1.09. The van der Waals surface area contributed by atoms with Gasteiger partial charge in [-0.25, -0.2) is 0 Å². The first-order valence-corrected chi connectivity index (χ1v) is 3.60. The van der Waals surface area contributed by atoms with Crippen molar-refractivity contribution in [2.75, 3.05) is 20.6 Å². The second-order valence-electron chi connectivity index (χ2n) is 2.79. The van der Waals surface area contributed by atoms with Crippen LogP contribution in [0.1, 0.15) is 19.3 Å². The van der Waals surface area contributed by atoms with Crippen molar-refractivity contribution in [3.63, 3.8) is 0 Å². The Morgan fingerprint density at radius 1 is 1.25 bits per heavy atom. The average molecular weight is 216 g/mol. The molecule has 0 aliphatic rings. The van der Waals surface area contributed by atoms with Gasteiger partial charge in [0.25, 0.3) is 0 Å². The lowest BCUT2D eigenvalue weighted by atomic mass is 10.2. The Balaban J connectivity index is -0.000000405. The van der Waals surface area contributed by atoms with E-state index in [0.717, 1.165) is 25.8 Å². The minimum absolute atomic E-state index is 0. The van der Waals surface area contributed by atoms with Gasteiger partial charge in [0.2, 0.25) is 0 Å². The van der Waals surface area contributed by atoms with Gasteiger partial charge in [-0.2, -0.15) is 0 Å². The Morgan fingerprint density at radius 2 is 1.75 bits per heavy atom. The van der Waals surface area contributed by atoms with Crippen LogP contribution in [-0.2, 0) is 0 Å². The van der Waals surface area contributed by atoms with Gasteiger partial charge in [-0.3, -0.25) is 5.41 Å². The summed E-state index contributed by atoms with van der Waals surface area (Å²) in [5.74, 6) is 0.304. The minimum Gasteiger partial charge on any atom is -0.388 e. The van der Waals surface area contributed by atoms with E-state index in [9.17, 15) is 0 Å². The summed E-state index contributed by atoms with van der Waals surface area (Å²) in [7, 11) is 4.10. The van der Waals surface area contributed by atoms with Crippen LogP contribution in [0.25, 0.3) is 0 Å². The Labute approximate surface area is 87.0 Å². The van der Waals surface area contributed by atoms with Gasteiger partial charge in [0.1, 0.15) is 0 Å². The highest BCUT2D eigenvalue weighted by Crippen LogP contribution is 1.94. The quantitative estimate of drug-likeness (QED) is 0.415. The maximum Gasteiger partial charge on any atom is 0.0905 e. The van der Waals surface area contributed by atoms with Crippen molar-refractivity contribution in [1.29, 1.82) is 5.41 Å². The van der Waals surface area contributed by atoms with E-state index in [2.05, 4.69) is 4.90 Å². The maximum atomic E-state index is 6.94. The van der Waals surface area contributed by atoms with Crippen molar-refractivity contribution in [2.45, 2.75) is 19.3 Å². The first-order chi connectivity index (χ1) is 4.63. The van der Waals surface area contributed by atoms with Crippen LogP contribution in [0.15, 0.2) is 0 Å². The molecule has 3 N–H and O–H groups in total. The largest absolute Gasteiger partial charge is 0.388 e. The van der Waals surface area contributed by atoms with Crippen molar-refractivity contribution < 1.29 is 0 Å². The van der Waals surface area contributed by atoms with E-state index in [1.165, 1.54) is 0 Å². The molecule has 0 rings (SSSR count). The molecule has 0 unspecified atom stereocenters. The zero-order chi connectivity index (χ0) is 7.98. The summed E-state index contributed by atoms with van der Waals surface area (Å²) < 4.78 is 0. The number of nitrogens with two attached hydrogens (primary N) is 1. The molecule has 0 aliphatic heterocycles. The fraction of sp³-hybridized carbons (Fsp3) is 0.857. The molecule has 0 heterocycles. The van der Waals surface area contributed by atoms with Gasteiger partial charge < -0.3 is 10.6 Å². The monoisotopic (exact) mass is 215 g/mol. The van der Waals surface area contributed by atoms with E-state index in [0.29, 0.717) is 5.84 Å². The van der Waals surface area contributed by atoms with Crippen LogP contribution >= 0.6 is 24.8 Å². The van der Waals surface area contributed by atoms with Gasteiger partial charge in [-0.05, 0) is 33.5 Å². The number of hydrogen-bond acceptors (Lipinski definition) is 2. The molecule has 0 bridgehead atoms. The number of amidine groups is 1. The highest BCUT2D eigenvalue weighted by atomic mass is 35.5. The normalized spacial score (nSPS) is 8.58. The number of halogens is 2. The van der Waals surface area contributed by atoms with Gasteiger partial charge in [-0.15, -0.1) is 24.8 Å². The van der Waals surface area contributed by atoms with Crippen molar-refractivity contribution in [2.24, 2.45) is 5.73 Å². The number of unbranched alkanes of at least 4 members (excludes halogenated alkanes) is 1. The molecular formula is C7H19Cl2N3. The highest BCUT2D eigenvalue weighted by molar-refractivity contribution is 5.85. The topological polar surface area (TPSA) is 53.1 Å². The van der Waals surface area contributed by atoms with E-state index >= 15 is 0 Å². The standard InChI is InChI=1S/C7H17N3.2ClH/c1-10(2)6-4-3-5-7(8)9;;/h3-6H2,1-2H3,(H3,8,9);2*1H. The van der Waals surface area contributed by atoms with Crippen LogP contribution in [0.4, 0.5) is 0 Å². The average Bonchev–Trinajstić information content (AvgIpc) is 1.79. The Bertz CT molecular complexity index is 107. The number of nitrogens with zero attached hydrogens (tertiary/aromatic N) is 1. The Hall–Kier alpha value is 0.01000. The zero-order valence-corrected chi connectivity index (χ0v) is 9.30. The summed E-state index contributed by atoms with van der Waals surface area (Å²) in [4.78, 5) is 2.14. The van der Waals surface area contributed by atoms with Crippen LogP contribution in [-0.4, -0.2) is 31.4 Å². The van der Waals surface area contributed by atoms with Crippen LogP contribution in [0, 0.1) is 5.41 Å². The molecular weight excluding hydrogens is 197 g/mol. The first kappa shape index (κ1) is 17.9. The summed E-state index contributed by atoms with van der Waals surface area (Å²) in [6.07, 6.45) is 2.91. The second-order valence-corrected chi connectivity index (χ2v) is 2.79. The molecule has 0 aliphatic carbocycles. The third-order valence-corrected chi connectivity index (χ3v) is 1.30. The van der Waals surface area contributed by atoms with E-state index in [-0.39, 0.29) is 24.8 Å². The van der Waals surface area contributed by atoms with Crippen LogP contribution in [0.3, 0.4) is 0 Å². The summed E-state index contributed by atoms with van der Waals surface area (Å²) in [6, 6.07) is 0. The van der Waals surface area contributed by atoms with Gasteiger partial charge in [0.05, 0.1) is 5.84 Å². The SMILES string of the molecule is CN(C)CCCCC(=N)N.Cl.Cl. The van der Waals surface area contributed by atoms with Crippen molar-refractivity contribution in [3.05, 3.63) is 0 Å². The molecule has 0 radical (unpaired) electrons. The van der Waals surface area contributed by atoms with Crippen LogP contribution in [0.2, 0.25) is 0 Å². The van der Waals surface area contributed by atoms with Gasteiger partial charge in [0.15, 0.2) is 0 Å². The second kappa shape index (κ2) is 11.0. The molecule has 0 aromatic heterocycles. The first-order valence-electron chi connectivity index (χ1n) is 3.60. The predicted molar refractivity (Wildman–Crippen MR) is 58.8 cm³/mol. The van der Waals surface area contributed by atoms with Gasteiger partial charge in [-0.1, -0.05) is 0 Å². The van der Waals surface area contributed by atoms with Gasteiger partial charge >= 0.3 is 0 Å². The lowest BCUT2D eigenvalue weighted by Crippen LogP contribution is -2.14.